The Labute approximate surface area is 136 Å². The molecule has 0 radical (unpaired) electrons. The maximum Gasteiger partial charge on any atom is 0.264 e. The molecule has 1 aliphatic heterocycles. The monoisotopic (exact) mass is 330 g/mol. The van der Waals surface area contributed by atoms with Gasteiger partial charge >= 0.3 is 0 Å². The fraction of sp³-hybridized carbons (Fsp3) is 0.353. The van der Waals surface area contributed by atoms with Gasteiger partial charge in [0.05, 0.1) is 30.0 Å². The van der Waals surface area contributed by atoms with E-state index in [1.165, 1.54) is 0 Å². The molecule has 0 N–H and O–H groups in total. The number of fused-ring (bicyclic) bond motifs is 1. The van der Waals surface area contributed by atoms with E-state index in [1.54, 1.807) is 0 Å². The van der Waals surface area contributed by atoms with Crippen molar-refractivity contribution in [3.63, 3.8) is 0 Å². The van der Waals surface area contributed by atoms with E-state index in [0.717, 1.165) is 29.3 Å². The minimum Gasteiger partial charge on any atom is -0.366 e. The van der Waals surface area contributed by atoms with Crippen LogP contribution in [0, 0.1) is 11.3 Å². The second-order valence-corrected chi connectivity index (χ2v) is 7.45. The topological polar surface area (TPSA) is 70.4 Å². The zero-order valence-corrected chi connectivity index (χ0v) is 13.9. The lowest BCUT2D eigenvalue weighted by Crippen LogP contribution is -2.34. The second kappa shape index (κ2) is 5.84. The van der Waals surface area contributed by atoms with Gasteiger partial charge in [0.25, 0.3) is 10.1 Å². The van der Waals surface area contributed by atoms with Crippen molar-refractivity contribution in [1.82, 2.24) is 0 Å². The van der Waals surface area contributed by atoms with Crippen molar-refractivity contribution < 1.29 is 12.6 Å². The van der Waals surface area contributed by atoms with Crippen LogP contribution in [0.1, 0.15) is 18.9 Å². The lowest BCUT2D eigenvalue weighted by Gasteiger charge is -2.27. The molecular weight excluding hydrogens is 312 g/mol. The van der Waals surface area contributed by atoms with Gasteiger partial charge in [-0.25, -0.2) is 0 Å². The highest BCUT2D eigenvalue weighted by Crippen LogP contribution is 2.34. The summed E-state index contributed by atoms with van der Waals surface area (Å²) in [5.74, 6) is 0. The summed E-state index contributed by atoms with van der Waals surface area (Å²) < 4.78 is 28.0. The standard InChI is InChI=1S/C17H18N2O3S/c1-12-17(22-23(2,20)21)9-10-19(12)16-8-7-13(11-18)14-5-3-4-6-15(14)16/h3-8,12,17H,9-10H2,1-2H3. The van der Waals surface area contributed by atoms with Crippen molar-refractivity contribution >= 4 is 26.6 Å². The summed E-state index contributed by atoms with van der Waals surface area (Å²) in [7, 11) is -3.47. The molecule has 0 aromatic heterocycles. The third-order valence-corrected chi connectivity index (χ3v) is 4.91. The average molecular weight is 330 g/mol. The van der Waals surface area contributed by atoms with E-state index in [-0.39, 0.29) is 12.1 Å². The van der Waals surface area contributed by atoms with E-state index in [0.29, 0.717) is 12.0 Å². The maximum absolute atomic E-state index is 11.4. The Hall–Kier alpha value is -2.10. The lowest BCUT2D eigenvalue weighted by molar-refractivity contribution is 0.206. The highest BCUT2D eigenvalue weighted by atomic mass is 32.2. The van der Waals surface area contributed by atoms with Crippen molar-refractivity contribution in [3.8, 4) is 6.07 Å². The third kappa shape index (κ3) is 3.03. The van der Waals surface area contributed by atoms with Gasteiger partial charge in [0.1, 0.15) is 0 Å². The Balaban J connectivity index is 2.01. The van der Waals surface area contributed by atoms with Crippen LogP contribution in [0.3, 0.4) is 0 Å². The lowest BCUT2D eigenvalue weighted by atomic mass is 10.0. The van der Waals surface area contributed by atoms with Gasteiger partial charge in [-0.15, -0.1) is 0 Å². The first-order valence-electron chi connectivity index (χ1n) is 7.47. The second-order valence-electron chi connectivity index (χ2n) is 5.85. The molecule has 23 heavy (non-hydrogen) atoms. The molecule has 2 atom stereocenters. The summed E-state index contributed by atoms with van der Waals surface area (Å²) >= 11 is 0. The quantitative estimate of drug-likeness (QED) is 0.809. The SMILES string of the molecule is CC1C(OS(C)(=O)=O)CCN1c1ccc(C#N)c2ccccc12. The minimum absolute atomic E-state index is 0.0546. The normalized spacial score (nSPS) is 21.5. The molecule has 2 unspecified atom stereocenters. The zero-order valence-electron chi connectivity index (χ0n) is 13.1. The van der Waals surface area contributed by atoms with Crippen molar-refractivity contribution in [2.45, 2.75) is 25.5 Å². The van der Waals surface area contributed by atoms with Crippen LogP contribution in [0.4, 0.5) is 5.69 Å². The van der Waals surface area contributed by atoms with E-state index in [4.69, 9.17) is 4.18 Å². The predicted octanol–water partition coefficient (Wildman–Crippen LogP) is 2.65. The van der Waals surface area contributed by atoms with Crippen LogP contribution in [0.15, 0.2) is 36.4 Å². The molecule has 2 aromatic rings. The third-order valence-electron chi connectivity index (χ3n) is 4.31. The smallest absolute Gasteiger partial charge is 0.264 e. The molecule has 6 heteroatoms. The molecule has 0 aliphatic carbocycles. The number of rotatable bonds is 3. The molecule has 0 spiro atoms. The summed E-state index contributed by atoms with van der Waals surface area (Å²) in [4.78, 5) is 2.15. The molecule has 0 amide bonds. The predicted molar refractivity (Wildman–Crippen MR) is 89.8 cm³/mol. The van der Waals surface area contributed by atoms with Crippen LogP contribution in [0.5, 0.6) is 0 Å². The van der Waals surface area contributed by atoms with Gasteiger partial charge in [-0.05, 0) is 25.5 Å². The number of nitrogens with zero attached hydrogens (tertiary/aromatic N) is 2. The van der Waals surface area contributed by atoms with Gasteiger partial charge < -0.3 is 4.90 Å². The molecule has 2 aromatic carbocycles. The zero-order chi connectivity index (χ0) is 16.6. The largest absolute Gasteiger partial charge is 0.366 e. The van der Waals surface area contributed by atoms with E-state index in [2.05, 4.69) is 11.0 Å². The Morgan fingerprint density at radius 1 is 1.22 bits per heavy atom. The number of hydrogen-bond donors (Lipinski definition) is 0. The van der Waals surface area contributed by atoms with Crippen molar-refractivity contribution in [2.24, 2.45) is 0 Å². The first-order chi connectivity index (χ1) is 10.9. The van der Waals surface area contributed by atoms with Crippen LogP contribution >= 0.6 is 0 Å². The molecule has 1 fully saturated rings. The summed E-state index contributed by atoms with van der Waals surface area (Å²) in [5.41, 5.74) is 1.65. The Morgan fingerprint density at radius 3 is 2.57 bits per heavy atom. The number of nitriles is 1. The van der Waals surface area contributed by atoms with E-state index in [9.17, 15) is 13.7 Å². The molecule has 5 nitrogen and oxygen atoms in total. The Kier molecular flexibility index (Phi) is 4.00. The number of anilines is 1. The molecule has 120 valence electrons. The van der Waals surface area contributed by atoms with Crippen LogP contribution in [0.25, 0.3) is 10.8 Å². The fourth-order valence-electron chi connectivity index (χ4n) is 3.24. The molecule has 1 aliphatic rings. The summed E-state index contributed by atoms with van der Waals surface area (Å²) in [5, 5.41) is 11.2. The highest BCUT2D eigenvalue weighted by Gasteiger charge is 2.34. The summed E-state index contributed by atoms with van der Waals surface area (Å²) in [6, 6.07) is 13.7. The van der Waals surface area contributed by atoms with Gasteiger partial charge in [-0.1, -0.05) is 24.3 Å². The van der Waals surface area contributed by atoms with Gasteiger partial charge in [0, 0.05) is 23.0 Å². The summed E-state index contributed by atoms with van der Waals surface area (Å²) in [6.45, 7) is 2.69. The number of benzene rings is 2. The van der Waals surface area contributed by atoms with Crippen molar-refractivity contribution in [2.75, 3.05) is 17.7 Å². The molecule has 0 saturated carbocycles. The van der Waals surface area contributed by atoms with Gasteiger partial charge in [-0.3, -0.25) is 4.18 Å². The van der Waals surface area contributed by atoms with Crippen LogP contribution in [-0.2, 0) is 14.3 Å². The minimum atomic E-state index is -3.47. The molecule has 1 saturated heterocycles. The summed E-state index contributed by atoms with van der Waals surface area (Å²) in [6.07, 6.45) is 1.39. The van der Waals surface area contributed by atoms with E-state index < -0.39 is 10.1 Å². The molecule has 0 bridgehead atoms. The van der Waals surface area contributed by atoms with Crippen LogP contribution in [-0.4, -0.2) is 33.4 Å². The first kappa shape index (κ1) is 15.8. The van der Waals surface area contributed by atoms with E-state index >= 15 is 0 Å². The van der Waals surface area contributed by atoms with Crippen LogP contribution in [0.2, 0.25) is 0 Å². The van der Waals surface area contributed by atoms with Crippen molar-refractivity contribution in [1.29, 1.82) is 5.26 Å². The Morgan fingerprint density at radius 2 is 1.91 bits per heavy atom. The van der Waals surface area contributed by atoms with Gasteiger partial charge in [-0.2, -0.15) is 13.7 Å². The maximum atomic E-state index is 11.4. The number of hydrogen-bond acceptors (Lipinski definition) is 5. The van der Waals surface area contributed by atoms with Crippen molar-refractivity contribution in [3.05, 3.63) is 42.0 Å². The molecular formula is C17H18N2O3S. The highest BCUT2D eigenvalue weighted by molar-refractivity contribution is 7.86. The molecule has 1 heterocycles. The Bertz CT molecular complexity index is 886. The fourth-order valence-corrected chi connectivity index (χ4v) is 3.94. The van der Waals surface area contributed by atoms with Crippen LogP contribution < -0.4 is 4.90 Å². The van der Waals surface area contributed by atoms with Gasteiger partial charge in [0.15, 0.2) is 0 Å². The van der Waals surface area contributed by atoms with Gasteiger partial charge in [0.2, 0.25) is 0 Å². The first-order valence-corrected chi connectivity index (χ1v) is 9.29. The molecule has 3 rings (SSSR count). The average Bonchev–Trinajstić information content (AvgIpc) is 2.85. The van der Waals surface area contributed by atoms with E-state index in [1.807, 2.05) is 43.3 Å².